The van der Waals surface area contributed by atoms with Crippen LogP contribution in [0.2, 0.25) is 0 Å². The van der Waals surface area contributed by atoms with Gasteiger partial charge in [0.2, 0.25) is 0 Å². The maximum atomic E-state index is 12.4. The highest BCUT2D eigenvalue weighted by Crippen LogP contribution is 2.25. The zero-order valence-electron chi connectivity index (χ0n) is 4.51. The number of hydrogen-bond acceptors (Lipinski definition) is 2. The molecule has 0 aliphatic carbocycles. The molecule has 1 saturated heterocycles. The third-order valence-corrected chi connectivity index (χ3v) is 2.57. The Morgan fingerprint density at radius 3 is 2.62 bits per heavy atom. The lowest BCUT2D eigenvalue weighted by Gasteiger charge is -2.04. The third-order valence-electron chi connectivity index (χ3n) is 1.36. The summed E-state index contributed by atoms with van der Waals surface area (Å²) in [5, 5.41) is 8.48. The van der Waals surface area contributed by atoms with Crippen LogP contribution in [-0.4, -0.2) is 29.4 Å². The minimum atomic E-state index is -0.759. The molecule has 0 amide bonds. The van der Waals surface area contributed by atoms with E-state index in [1.54, 1.807) is 11.8 Å². The van der Waals surface area contributed by atoms with Gasteiger partial charge in [-0.1, -0.05) is 0 Å². The zero-order chi connectivity index (χ0) is 5.98. The molecule has 0 spiro atoms. The number of hydrogen-bond donors (Lipinski definition) is 1. The molecule has 0 aromatic carbocycles. The second kappa shape index (κ2) is 2.69. The molecule has 8 heavy (non-hydrogen) atoms. The number of thioether (sulfide) groups is 1. The van der Waals surface area contributed by atoms with Crippen LogP contribution in [0.25, 0.3) is 0 Å². The number of alkyl halides is 1. The van der Waals surface area contributed by atoms with Crippen LogP contribution < -0.4 is 0 Å². The second-order valence-corrected chi connectivity index (χ2v) is 3.07. The summed E-state index contributed by atoms with van der Waals surface area (Å²) in [5.74, 6) is 1.28. The van der Waals surface area contributed by atoms with Gasteiger partial charge in [-0.05, 0) is 0 Å². The van der Waals surface area contributed by atoms with E-state index in [-0.39, 0.29) is 12.5 Å². The van der Waals surface area contributed by atoms with E-state index >= 15 is 0 Å². The smallest absolute Gasteiger partial charge is 0.115 e. The predicted octanol–water partition coefficient (Wildman–Crippen LogP) is 0.680. The zero-order valence-corrected chi connectivity index (χ0v) is 5.33. The highest BCUT2D eigenvalue weighted by molar-refractivity contribution is 7.99. The van der Waals surface area contributed by atoms with Gasteiger partial charge < -0.3 is 5.11 Å². The van der Waals surface area contributed by atoms with Crippen molar-refractivity contribution >= 4 is 11.8 Å². The summed E-state index contributed by atoms with van der Waals surface area (Å²) in [6.45, 7) is 0.00810. The molecular weight excluding hydrogens is 127 g/mol. The second-order valence-electron chi connectivity index (χ2n) is 2.00. The van der Waals surface area contributed by atoms with E-state index in [9.17, 15) is 4.39 Å². The molecule has 48 valence electrons. The number of aliphatic hydroxyl groups is 1. The van der Waals surface area contributed by atoms with Crippen LogP contribution in [0.1, 0.15) is 0 Å². The molecule has 1 N–H and O–H groups in total. The quantitative estimate of drug-likeness (QED) is 0.572. The summed E-state index contributed by atoms with van der Waals surface area (Å²) < 4.78 is 12.4. The molecular formula is C5H9FOS. The summed E-state index contributed by atoms with van der Waals surface area (Å²) in [7, 11) is 0. The predicted molar refractivity (Wildman–Crippen MR) is 32.8 cm³/mol. The van der Waals surface area contributed by atoms with Gasteiger partial charge in [-0.25, -0.2) is 4.39 Å². The van der Waals surface area contributed by atoms with Crippen LogP contribution in [0.3, 0.4) is 0 Å². The van der Waals surface area contributed by atoms with Crippen molar-refractivity contribution in [2.75, 3.05) is 18.1 Å². The van der Waals surface area contributed by atoms with E-state index in [1.165, 1.54) is 0 Å². The highest BCUT2D eigenvalue weighted by atomic mass is 32.2. The highest BCUT2D eigenvalue weighted by Gasteiger charge is 2.26. The third kappa shape index (κ3) is 1.14. The molecule has 3 heteroatoms. The topological polar surface area (TPSA) is 20.2 Å². The Kier molecular flexibility index (Phi) is 2.14. The summed E-state index contributed by atoms with van der Waals surface area (Å²) in [6.07, 6.45) is -0.759. The molecule has 1 aliphatic rings. The minimum Gasteiger partial charge on any atom is -0.396 e. The van der Waals surface area contributed by atoms with E-state index in [0.717, 1.165) is 5.75 Å². The van der Waals surface area contributed by atoms with Crippen LogP contribution in [0, 0.1) is 5.92 Å². The molecule has 1 fully saturated rings. The van der Waals surface area contributed by atoms with Gasteiger partial charge in [-0.2, -0.15) is 11.8 Å². The Hall–Kier alpha value is 0.240. The molecule has 0 bridgehead atoms. The molecule has 1 heterocycles. The first-order valence-electron chi connectivity index (χ1n) is 2.67. The van der Waals surface area contributed by atoms with E-state index in [1.807, 2.05) is 0 Å². The van der Waals surface area contributed by atoms with Crippen LogP contribution in [-0.2, 0) is 0 Å². The van der Waals surface area contributed by atoms with Gasteiger partial charge in [0, 0.05) is 24.0 Å². The summed E-state index contributed by atoms with van der Waals surface area (Å²) in [4.78, 5) is 0. The number of aliphatic hydroxyl groups excluding tert-OH is 1. The van der Waals surface area contributed by atoms with E-state index < -0.39 is 6.17 Å². The Bertz CT molecular complexity index is 78.8. The molecule has 1 rings (SSSR count). The van der Waals surface area contributed by atoms with Crippen LogP contribution in [0.5, 0.6) is 0 Å². The van der Waals surface area contributed by atoms with Crippen molar-refractivity contribution in [3.8, 4) is 0 Å². The Balaban J connectivity index is 2.30. The molecule has 0 aromatic heterocycles. The molecule has 0 unspecified atom stereocenters. The normalized spacial score (nSPS) is 38.2. The SMILES string of the molecule is OC[C@@H]1CSC[C@H]1F. The summed E-state index contributed by atoms with van der Waals surface area (Å²) in [6, 6.07) is 0. The molecule has 0 saturated carbocycles. The van der Waals surface area contributed by atoms with Crippen molar-refractivity contribution in [1.82, 2.24) is 0 Å². The fourth-order valence-electron chi connectivity index (χ4n) is 0.740. The first kappa shape index (κ1) is 6.36. The van der Waals surface area contributed by atoms with Gasteiger partial charge in [0.05, 0.1) is 0 Å². The maximum absolute atomic E-state index is 12.4. The minimum absolute atomic E-state index is 0.00810. The van der Waals surface area contributed by atoms with Gasteiger partial charge in [0.15, 0.2) is 0 Å². The van der Waals surface area contributed by atoms with Gasteiger partial charge in [0.25, 0.3) is 0 Å². The first-order chi connectivity index (χ1) is 3.84. The van der Waals surface area contributed by atoms with Crippen molar-refractivity contribution < 1.29 is 9.50 Å². The maximum Gasteiger partial charge on any atom is 0.115 e. The largest absolute Gasteiger partial charge is 0.396 e. The average Bonchev–Trinajstić information content (AvgIpc) is 2.14. The molecule has 0 radical (unpaired) electrons. The van der Waals surface area contributed by atoms with Crippen molar-refractivity contribution in [1.29, 1.82) is 0 Å². The van der Waals surface area contributed by atoms with Crippen LogP contribution in [0.4, 0.5) is 4.39 Å². The first-order valence-corrected chi connectivity index (χ1v) is 3.82. The van der Waals surface area contributed by atoms with E-state index in [4.69, 9.17) is 5.11 Å². The lowest BCUT2D eigenvalue weighted by Crippen LogP contribution is -2.16. The monoisotopic (exact) mass is 136 g/mol. The van der Waals surface area contributed by atoms with Crippen molar-refractivity contribution in [2.24, 2.45) is 5.92 Å². The summed E-state index contributed by atoms with van der Waals surface area (Å²) >= 11 is 1.58. The van der Waals surface area contributed by atoms with Crippen molar-refractivity contribution in [3.05, 3.63) is 0 Å². The Morgan fingerprint density at radius 2 is 2.38 bits per heavy atom. The van der Waals surface area contributed by atoms with Gasteiger partial charge >= 0.3 is 0 Å². The standard InChI is InChI=1S/C5H9FOS/c6-5-3-8-2-4(5)1-7/h4-5,7H,1-3H2/t4-,5-/m1/s1. The molecule has 1 aliphatic heterocycles. The van der Waals surface area contributed by atoms with Crippen molar-refractivity contribution in [3.63, 3.8) is 0 Å². The molecule has 2 atom stereocenters. The fourth-order valence-corrected chi connectivity index (χ4v) is 1.99. The number of halogens is 1. The number of rotatable bonds is 1. The van der Waals surface area contributed by atoms with Gasteiger partial charge in [-0.15, -0.1) is 0 Å². The van der Waals surface area contributed by atoms with Crippen LogP contribution >= 0.6 is 11.8 Å². The lowest BCUT2D eigenvalue weighted by molar-refractivity contribution is 0.175. The van der Waals surface area contributed by atoms with Crippen molar-refractivity contribution in [2.45, 2.75) is 6.17 Å². The molecule has 0 aromatic rings. The summed E-state index contributed by atoms with van der Waals surface area (Å²) in [5.41, 5.74) is 0. The van der Waals surface area contributed by atoms with Crippen LogP contribution in [0.15, 0.2) is 0 Å². The van der Waals surface area contributed by atoms with E-state index in [2.05, 4.69) is 0 Å². The average molecular weight is 136 g/mol. The Labute approximate surface area is 52.3 Å². The van der Waals surface area contributed by atoms with Gasteiger partial charge in [0.1, 0.15) is 6.17 Å². The Morgan fingerprint density at radius 1 is 1.62 bits per heavy atom. The molecule has 1 nitrogen and oxygen atoms in total. The lowest BCUT2D eigenvalue weighted by atomic mass is 10.1. The fraction of sp³-hybridized carbons (Fsp3) is 1.00. The van der Waals surface area contributed by atoms with Gasteiger partial charge in [-0.3, -0.25) is 0 Å². The van der Waals surface area contributed by atoms with E-state index in [0.29, 0.717) is 5.75 Å².